The summed E-state index contributed by atoms with van der Waals surface area (Å²) in [4.78, 5) is 0.351. The van der Waals surface area contributed by atoms with Crippen molar-refractivity contribution < 1.29 is 13.2 Å². The topological polar surface area (TPSA) is 58.6 Å². The fourth-order valence-electron chi connectivity index (χ4n) is 2.24. The highest BCUT2D eigenvalue weighted by atomic mass is 32.2. The number of nitrogens with zero attached hydrogens (tertiary/aromatic N) is 1. The maximum absolute atomic E-state index is 12.4. The standard InChI is InChI=1S/C13H20N2O3S/c1-14-9-11-3-5-13(6-4-11)19(16,17)15-8-7-12(10-15)18-2/h3-6,12,14H,7-10H2,1-2H3. The SMILES string of the molecule is CNCc1ccc(S(=O)(=O)N2CCC(OC)C2)cc1. The Kier molecular flexibility index (Phi) is 4.57. The van der Waals surface area contributed by atoms with Gasteiger partial charge in [-0.05, 0) is 31.2 Å². The quantitative estimate of drug-likeness (QED) is 0.869. The van der Waals surface area contributed by atoms with Crippen LogP contribution in [0.5, 0.6) is 0 Å². The van der Waals surface area contributed by atoms with Gasteiger partial charge in [-0.3, -0.25) is 0 Å². The van der Waals surface area contributed by atoms with Crippen molar-refractivity contribution in [1.82, 2.24) is 9.62 Å². The normalized spacial score (nSPS) is 20.8. The van der Waals surface area contributed by atoms with Crippen molar-refractivity contribution in [2.75, 3.05) is 27.2 Å². The van der Waals surface area contributed by atoms with Crippen LogP contribution in [-0.4, -0.2) is 46.1 Å². The second-order valence-corrected chi connectivity index (χ2v) is 6.62. The molecule has 1 aromatic carbocycles. The fraction of sp³-hybridized carbons (Fsp3) is 0.538. The van der Waals surface area contributed by atoms with Crippen molar-refractivity contribution in [3.05, 3.63) is 29.8 Å². The fourth-order valence-corrected chi connectivity index (χ4v) is 3.73. The Hall–Kier alpha value is -0.950. The molecular formula is C13H20N2O3S. The molecule has 1 heterocycles. The highest BCUT2D eigenvalue weighted by Gasteiger charge is 2.32. The van der Waals surface area contributed by atoms with Crippen molar-refractivity contribution in [3.8, 4) is 0 Å². The van der Waals surface area contributed by atoms with Crippen LogP contribution in [0.4, 0.5) is 0 Å². The first kappa shape index (κ1) is 14.5. The van der Waals surface area contributed by atoms with Gasteiger partial charge in [-0.1, -0.05) is 12.1 Å². The zero-order valence-electron chi connectivity index (χ0n) is 11.3. The summed E-state index contributed by atoms with van der Waals surface area (Å²) in [5, 5.41) is 3.03. The van der Waals surface area contributed by atoms with E-state index in [2.05, 4.69) is 5.32 Å². The molecule has 0 aromatic heterocycles. The Morgan fingerprint density at radius 3 is 2.58 bits per heavy atom. The van der Waals surface area contributed by atoms with Gasteiger partial charge in [-0.25, -0.2) is 8.42 Å². The van der Waals surface area contributed by atoms with Crippen LogP contribution >= 0.6 is 0 Å². The molecule has 0 radical (unpaired) electrons. The zero-order valence-corrected chi connectivity index (χ0v) is 12.1. The number of nitrogens with one attached hydrogen (secondary N) is 1. The van der Waals surface area contributed by atoms with Gasteiger partial charge in [0.2, 0.25) is 10.0 Å². The molecule has 1 saturated heterocycles. The minimum absolute atomic E-state index is 0.0124. The summed E-state index contributed by atoms with van der Waals surface area (Å²) < 4.78 is 31.5. The van der Waals surface area contributed by atoms with E-state index < -0.39 is 10.0 Å². The lowest BCUT2D eigenvalue weighted by Crippen LogP contribution is -2.30. The van der Waals surface area contributed by atoms with E-state index in [1.54, 1.807) is 19.2 Å². The molecule has 2 rings (SSSR count). The van der Waals surface area contributed by atoms with Crippen LogP contribution in [0.15, 0.2) is 29.2 Å². The van der Waals surface area contributed by atoms with E-state index in [0.717, 1.165) is 18.5 Å². The zero-order chi connectivity index (χ0) is 13.9. The molecule has 5 nitrogen and oxygen atoms in total. The van der Waals surface area contributed by atoms with Gasteiger partial charge in [0.1, 0.15) is 0 Å². The second-order valence-electron chi connectivity index (χ2n) is 4.68. The third kappa shape index (κ3) is 3.14. The van der Waals surface area contributed by atoms with Crippen molar-refractivity contribution in [2.45, 2.75) is 24.0 Å². The second kappa shape index (κ2) is 6.00. The average Bonchev–Trinajstić information content (AvgIpc) is 2.89. The van der Waals surface area contributed by atoms with E-state index in [-0.39, 0.29) is 6.10 Å². The molecule has 1 aliphatic heterocycles. The molecule has 1 atom stereocenters. The van der Waals surface area contributed by atoms with Crippen molar-refractivity contribution in [1.29, 1.82) is 0 Å². The van der Waals surface area contributed by atoms with Gasteiger partial charge in [-0.15, -0.1) is 0 Å². The summed E-state index contributed by atoms with van der Waals surface area (Å²) in [5.41, 5.74) is 1.07. The molecule has 0 amide bonds. The molecule has 0 aliphatic carbocycles. The lowest BCUT2D eigenvalue weighted by molar-refractivity contribution is 0.115. The molecule has 1 fully saturated rings. The first-order valence-electron chi connectivity index (χ1n) is 6.34. The van der Waals surface area contributed by atoms with Gasteiger partial charge >= 0.3 is 0 Å². The van der Waals surface area contributed by atoms with Crippen LogP contribution in [0.3, 0.4) is 0 Å². The minimum Gasteiger partial charge on any atom is -0.380 e. The molecule has 0 bridgehead atoms. The summed E-state index contributed by atoms with van der Waals surface area (Å²) in [6.45, 7) is 1.70. The molecule has 106 valence electrons. The molecule has 6 heteroatoms. The maximum Gasteiger partial charge on any atom is 0.243 e. The van der Waals surface area contributed by atoms with Crippen molar-refractivity contribution in [3.63, 3.8) is 0 Å². The van der Waals surface area contributed by atoms with Gasteiger partial charge in [0, 0.05) is 26.7 Å². The Morgan fingerprint density at radius 1 is 1.37 bits per heavy atom. The summed E-state index contributed by atoms with van der Waals surface area (Å²) in [7, 11) is 0.0988. The number of benzene rings is 1. The Morgan fingerprint density at radius 2 is 2.05 bits per heavy atom. The van der Waals surface area contributed by atoms with Crippen LogP contribution in [-0.2, 0) is 21.3 Å². The molecule has 1 aromatic rings. The van der Waals surface area contributed by atoms with Gasteiger partial charge in [0.25, 0.3) is 0 Å². The van der Waals surface area contributed by atoms with E-state index in [9.17, 15) is 8.42 Å². The first-order valence-corrected chi connectivity index (χ1v) is 7.78. The number of sulfonamides is 1. The first-order chi connectivity index (χ1) is 9.07. The van der Waals surface area contributed by atoms with Crippen molar-refractivity contribution in [2.24, 2.45) is 0 Å². The number of hydrogen-bond acceptors (Lipinski definition) is 4. The smallest absolute Gasteiger partial charge is 0.243 e. The summed E-state index contributed by atoms with van der Waals surface area (Å²) >= 11 is 0. The van der Waals surface area contributed by atoms with E-state index in [4.69, 9.17) is 4.74 Å². The minimum atomic E-state index is -3.38. The predicted molar refractivity (Wildman–Crippen MR) is 73.4 cm³/mol. The summed E-state index contributed by atoms with van der Waals surface area (Å²) in [6, 6.07) is 7.02. The molecule has 1 N–H and O–H groups in total. The summed E-state index contributed by atoms with van der Waals surface area (Å²) in [6.07, 6.45) is 0.770. The molecule has 1 unspecified atom stereocenters. The molecule has 19 heavy (non-hydrogen) atoms. The van der Waals surface area contributed by atoms with Gasteiger partial charge in [0.05, 0.1) is 11.0 Å². The predicted octanol–water partition coefficient (Wildman–Crippen LogP) is 0.815. The number of ether oxygens (including phenoxy) is 1. The molecule has 0 spiro atoms. The Labute approximate surface area is 114 Å². The van der Waals surface area contributed by atoms with E-state index in [1.807, 2.05) is 19.2 Å². The maximum atomic E-state index is 12.4. The van der Waals surface area contributed by atoms with Crippen molar-refractivity contribution >= 4 is 10.0 Å². The number of hydrogen-bond donors (Lipinski definition) is 1. The highest BCUT2D eigenvalue weighted by molar-refractivity contribution is 7.89. The third-order valence-electron chi connectivity index (χ3n) is 3.38. The highest BCUT2D eigenvalue weighted by Crippen LogP contribution is 2.22. The van der Waals surface area contributed by atoms with E-state index in [1.165, 1.54) is 4.31 Å². The lowest BCUT2D eigenvalue weighted by atomic mass is 10.2. The lowest BCUT2D eigenvalue weighted by Gasteiger charge is -2.16. The monoisotopic (exact) mass is 284 g/mol. The van der Waals surface area contributed by atoms with Crippen LogP contribution in [0.2, 0.25) is 0 Å². The van der Waals surface area contributed by atoms with Gasteiger partial charge in [-0.2, -0.15) is 4.31 Å². The molecule has 0 saturated carbocycles. The van der Waals surface area contributed by atoms with E-state index in [0.29, 0.717) is 18.0 Å². The van der Waals surface area contributed by atoms with Gasteiger partial charge in [0.15, 0.2) is 0 Å². The Balaban J connectivity index is 2.15. The Bertz CT molecular complexity index is 513. The summed E-state index contributed by atoms with van der Waals surface area (Å²) in [5.74, 6) is 0. The third-order valence-corrected chi connectivity index (χ3v) is 5.26. The van der Waals surface area contributed by atoms with E-state index >= 15 is 0 Å². The number of rotatable bonds is 5. The number of methoxy groups -OCH3 is 1. The average molecular weight is 284 g/mol. The van der Waals surface area contributed by atoms with Crippen LogP contribution in [0.25, 0.3) is 0 Å². The van der Waals surface area contributed by atoms with Crippen LogP contribution < -0.4 is 5.32 Å². The largest absolute Gasteiger partial charge is 0.380 e. The van der Waals surface area contributed by atoms with Gasteiger partial charge < -0.3 is 10.1 Å². The van der Waals surface area contributed by atoms with Crippen LogP contribution in [0.1, 0.15) is 12.0 Å². The molecular weight excluding hydrogens is 264 g/mol. The van der Waals surface area contributed by atoms with Crippen LogP contribution in [0, 0.1) is 0 Å². The molecule has 1 aliphatic rings.